The van der Waals surface area contributed by atoms with Gasteiger partial charge in [-0.2, -0.15) is 26.3 Å². The Morgan fingerprint density at radius 1 is 0.846 bits per heavy atom. The van der Waals surface area contributed by atoms with Crippen LogP contribution in [0.15, 0.2) is 65.6 Å². The summed E-state index contributed by atoms with van der Waals surface area (Å²) in [6, 6.07) is 10.4. The summed E-state index contributed by atoms with van der Waals surface area (Å²) in [7, 11) is 1.10. The van der Waals surface area contributed by atoms with Gasteiger partial charge in [0.05, 0.1) is 35.1 Å². The van der Waals surface area contributed by atoms with Crippen molar-refractivity contribution in [2.45, 2.75) is 45.1 Å². The molecule has 276 valence electrons. The number of thiocarbonyl (C=S) groups is 1. The number of halogens is 6. The zero-order valence-corrected chi connectivity index (χ0v) is 29.4. The maximum absolute atomic E-state index is 13.6. The summed E-state index contributed by atoms with van der Waals surface area (Å²) in [4.78, 5) is 51.0. The van der Waals surface area contributed by atoms with Gasteiger partial charge in [-0.1, -0.05) is 30.0 Å². The van der Waals surface area contributed by atoms with Gasteiger partial charge < -0.3 is 18.9 Å². The molecular weight excluding hydrogens is 741 g/mol. The number of carbonyl (C=O) groups is 4. The lowest BCUT2D eigenvalue weighted by atomic mass is 9.97. The van der Waals surface area contributed by atoms with Gasteiger partial charge >= 0.3 is 30.3 Å². The third kappa shape index (κ3) is 10.6. The monoisotopic (exact) mass is 769 g/mol. The largest absolute Gasteiger partial charge is 0.481 e. The highest BCUT2D eigenvalue weighted by molar-refractivity contribution is 8.26. The van der Waals surface area contributed by atoms with E-state index in [1.807, 2.05) is 0 Å². The minimum absolute atomic E-state index is 0.00169. The molecule has 1 aliphatic rings. The Hall–Kier alpha value is -4.90. The van der Waals surface area contributed by atoms with Crippen molar-refractivity contribution in [3.63, 3.8) is 0 Å². The first-order valence-corrected chi connectivity index (χ1v) is 16.3. The van der Waals surface area contributed by atoms with Gasteiger partial charge in [0.15, 0.2) is 6.61 Å². The van der Waals surface area contributed by atoms with Gasteiger partial charge in [0, 0.05) is 12.1 Å². The zero-order chi connectivity index (χ0) is 38.6. The van der Waals surface area contributed by atoms with Crippen LogP contribution in [-0.2, 0) is 36.2 Å². The molecule has 0 bridgehead atoms. The maximum atomic E-state index is 13.6. The summed E-state index contributed by atoms with van der Waals surface area (Å²) in [5, 5.41) is 0. The Kier molecular flexibility index (Phi) is 12.1. The number of ether oxygens (including phenoxy) is 4. The van der Waals surface area contributed by atoms with Gasteiger partial charge in [-0.25, -0.2) is 9.59 Å². The van der Waals surface area contributed by atoms with Crippen LogP contribution in [0.3, 0.4) is 0 Å². The SMILES string of the molecule is COC(=O)COc1ccc(-c2cc(C(F)(F)F)cc(C(F)(F)F)c2)cc1/C=C1\SC(=S)N(CCC(=O)Oc2ccc(C(=O)OC(C)(C)C)cc2)C1=O. The fraction of sp³-hybridized carbons (Fsp3) is 0.286. The quantitative estimate of drug-likeness (QED) is 0.0660. The first-order valence-electron chi connectivity index (χ1n) is 15.1. The normalized spacial score (nSPS) is 14.4. The molecule has 0 saturated carbocycles. The molecule has 52 heavy (non-hydrogen) atoms. The molecule has 4 rings (SSSR count). The van der Waals surface area contributed by atoms with Crippen LogP contribution in [0.25, 0.3) is 17.2 Å². The van der Waals surface area contributed by atoms with Gasteiger partial charge in [0.1, 0.15) is 21.4 Å². The second-order valence-corrected chi connectivity index (χ2v) is 13.7. The van der Waals surface area contributed by atoms with Crippen LogP contribution in [0, 0.1) is 0 Å². The van der Waals surface area contributed by atoms with E-state index in [1.165, 1.54) is 48.5 Å². The highest BCUT2D eigenvalue weighted by atomic mass is 32.2. The summed E-state index contributed by atoms with van der Waals surface area (Å²) in [5.74, 6) is -2.66. The van der Waals surface area contributed by atoms with E-state index in [0.29, 0.717) is 12.1 Å². The predicted molar refractivity (Wildman–Crippen MR) is 181 cm³/mol. The fourth-order valence-corrected chi connectivity index (χ4v) is 5.80. The summed E-state index contributed by atoms with van der Waals surface area (Å²) in [6.07, 6.45) is -9.23. The lowest BCUT2D eigenvalue weighted by Gasteiger charge is -2.19. The van der Waals surface area contributed by atoms with Gasteiger partial charge in [-0.15, -0.1) is 0 Å². The van der Waals surface area contributed by atoms with E-state index < -0.39 is 65.1 Å². The molecule has 3 aromatic carbocycles. The minimum Gasteiger partial charge on any atom is -0.481 e. The minimum atomic E-state index is -5.09. The third-order valence-corrected chi connectivity index (χ3v) is 8.30. The van der Waals surface area contributed by atoms with Crippen LogP contribution in [-0.4, -0.2) is 58.9 Å². The van der Waals surface area contributed by atoms with Crippen LogP contribution >= 0.6 is 24.0 Å². The molecule has 1 heterocycles. The zero-order valence-electron chi connectivity index (χ0n) is 27.8. The number of alkyl halides is 6. The molecule has 3 aromatic rings. The molecule has 17 heteroatoms. The van der Waals surface area contributed by atoms with Crippen molar-refractivity contribution in [1.82, 2.24) is 4.90 Å². The van der Waals surface area contributed by atoms with Crippen molar-refractivity contribution < 1.29 is 64.5 Å². The number of esters is 3. The van der Waals surface area contributed by atoms with E-state index in [0.717, 1.165) is 23.8 Å². The maximum Gasteiger partial charge on any atom is 0.416 e. The van der Waals surface area contributed by atoms with E-state index in [4.69, 9.17) is 26.4 Å². The molecule has 0 radical (unpaired) electrons. The van der Waals surface area contributed by atoms with Crippen LogP contribution in [0.1, 0.15) is 54.2 Å². The molecular formula is C35H29F6NO8S2. The predicted octanol–water partition coefficient (Wildman–Crippen LogP) is 8.10. The second kappa shape index (κ2) is 15.8. The number of thioether (sulfide) groups is 1. The van der Waals surface area contributed by atoms with E-state index >= 15 is 0 Å². The Bertz CT molecular complexity index is 1890. The number of hydrogen-bond acceptors (Lipinski definition) is 10. The van der Waals surface area contributed by atoms with Crippen LogP contribution in [0.4, 0.5) is 26.3 Å². The standard InChI is InChI=1S/C35H29F6NO8S2/c1-33(2,3)50-31(46)19-5-8-25(9-6-19)49-28(43)11-12-42-30(45)27(52-32(42)51)16-22-13-20(7-10-26(22)48-18-29(44)47-4)21-14-23(34(36,37)38)17-24(15-21)35(39,40)41/h5-10,13-17H,11-12,18H2,1-4H3/b27-16-. The first kappa shape index (κ1) is 39.9. The van der Waals surface area contributed by atoms with Crippen molar-refractivity contribution in [2.24, 2.45) is 0 Å². The second-order valence-electron chi connectivity index (χ2n) is 12.0. The van der Waals surface area contributed by atoms with E-state index in [-0.39, 0.29) is 56.4 Å². The average molecular weight is 770 g/mol. The van der Waals surface area contributed by atoms with Gasteiger partial charge in [0.25, 0.3) is 5.91 Å². The molecule has 0 atom stereocenters. The Morgan fingerprint density at radius 2 is 1.46 bits per heavy atom. The summed E-state index contributed by atoms with van der Waals surface area (Å²) >= 11 is 6.15. The van der Waals surface area contributed by atoms with Crippen molar-refractivity contribution in [3.8, 4) is 22.6 Å². The highest BCUT2D eigenvalue weighted by Gasteiger charge is 2.37. The number of amides is 1. The number of nitrogens with zero attached hydrogens (tertiary/aromatic N) is 1. The highest BCUT2D eigenvalue weighted by Crippen LogP contribution is 2.40. The smallest absolute Gasteiger partial charge is 0.416 e. The topological polar surface area (TPSA) is 108 Å². The van der Waals surface area contributed by atoms with Crippen molar-refractivity contribution in [3.05, 3.63) is 87.8 Å². The summed E-state index contributed by atoms with van der Waals surface area (Å²) in [5.41, 5.74) is -4.02. The Balaban J connectivity index is 1.56. The van der Waals surface area contributed by atoms with E-state index in [2.05, 4.69) is 4.74 Å². The van der Waals surface area contributed by atoms with Gasteiger partial charge in [0.2, 0.25) is 0 Å². The lowest BCUT2D eigenvalue weighted by Crippen LogP contribution is -2.31. The molecule has 0 N–H and O–H groups in total. The fourth-order valence-electron chi connectivity index (χ4n) is 4.51. The van der Waals surface area contributed by atoms with E-state index in [9.17, 15) is 45.5 Å². The van der Waals surface area contributed by atoms with Crippen LogP contribution in [0.5, 0.6) is 11.5 Å². The molecule has 0 spiro atoms. The molecule has 0 aliphatic carbocycles. The van der Waals surface area contributed by atoms with Crippen LogP contribution < -0.4 is 9.47 Å². The number of hydrogen-bond donors (Lipinski definition) is 0. The van der Waals surface area contributed by atoms with Gasteiger partial charge in [-0.05, 0) is 92.6 Å². The van der Waals surface area contributed by atoms with E-state index in [1.54, 1.807) is 20.8 Å². The van der Waals surface area contributed by atoms with Gasteiger partial charge in [-0.3, -0.25) is 14.5 Å². The molecule has 9 nitrogen and oxygen atoms in total. The molecule has 1 fully saturated rings. The van der Waals surface area contributed by atoms with Crippen molar-refractivity contribution >= 4 is 58.2 Å². The first-order chi connectivity index (χ1) is 24.1. The molecule has 1 saturated heterocycles. The number of benzene rings is 3. The molecule has 1 aliphatic heterocycles. The molecule has 0 unspecified atom stereocenters. The summed E-state index contributed by atoms with van der Waals surface area (Å²) in [6.45, 7) is 4.34. The average Bonchev–Trinajstić information content (AvgIpc) is 3.32. The van der Waals surface area contributed by atoms with Crippen molar-refractivity contribution in [1.29, 1.82) is 0 Å². The third-order valence-electron chi connectivity index (χ3n) is 6.92. The summed E-state index contributed by atoms with van der Waals surface area (Å²) < 4.78 is 102. The Morgan fingerprint density at radius 3 is 2.02 bits per heavy atom. The number of methoxy groups -OCH3 is 1. The molecule has 1 amide bonds. The lowest BCUT2D eigenvalue weighted by molar-refractivity contribution is -0.144. The molecule has 0 aromatic heterocycles. The van der Waals surface area contributed by atoms with Crippen molar-refractivity contribution in [2.75, 3.05) is 20.3 Å². The number of carbonyl (C=O) groups excluding carboxylic acids is 4. The Labute approximate surface area is 302 Å². The number of rotatable bonds is 10. The van der Waals surface area contributed by atoms with Crippen LogP contribution in [0.2, 0.25) is 0 Å².